The highest BCUT2D eigenvalue weighted by molar-refractivity contribution is 5.29. The second-order valence-electron chi connectivity index (χ2n) is 5.39. The lowest BCUT2D eigenvalue weighted by Crippen LogP contribution is -2.49. The maximum atomic E-state index is 5.49. The average Bonchev–Trinajstić information content (AvgIpc) is 2.55. The van der Waals surface area contributed by atoms with Gasteiger partial charge in [0.1, 0.15) is 0 Å². The van der Waals surface area contributed by atoms with E-state index in [-0.39, 0.29) is 0 Å². The predicted octanol–water partition coefficient (Wildman–Crippen LogP) is -0.0229. The molecule has 3 rings (SSSR count). The highest BCUT2D eigenvalue weighted by Crippen LogP contribution is 2.10. The summed E-state index contributed by atoms with van der Waals surface area (Å²) in [6, 6.07) is 2.39. The molecule has 20 heavy (non-hydrogen) atoms. The Labute approximate surface area is 120 Å². The monoisotopic (exact) mass is 277 g/mol. The smallest absolute Gasteiger partial charge is 0.225 e. The zero-order valence-electron chi connectivity index (χ0n) is 11.9. The van der Waals surface area contributed by atoms with Crippen LogP contribution in [0.1, 0.15) is 6.42 Å². The molecule has 2 aliphatic heterocycles. The number of nitrogens with one attached hydrogen (secondary N) is 1. The van der Waals surface area contributed by atoms with E-state index >= 15 is 0 Å². The summed E-state index contributed by atoms with van der Waals surface area (Å²) >= 11 is 0. The van der Waals surface area contributed by atoms with Gasteiger partial charge in [-0.05, 0) is 19.0 Å². The standard InChI is InChI=1S/C14H23N5O/c1-3-16-14(17-4-1)19-9-7-18(8-10-19)6-2-13-12-20-11-5-15-13/h1,3-4,13,15H,2,5-12H2. The molecule has 2 aliphatic rings. The van der Waals surface area contributed by atoms with Crippen LogP contribution in [0, 0.1) is 0 Å². The van der Waals surface area contributed by atoms with Gasteiger partial charge in [0.15, 0.2) is 0 Å². The third-order valence-corrected chi connectivity index (χ3v) is 4.00. The first-order valence-electron chi connectivity index (χ1n) is 7.47. The molecule has 3 heterocycles. The molecule has 1 aromatic heterocycles. The summed E-state index contributed by atoms with van der Waals surface area (Å²) in [5, 5.41) is 3.51. The Bertz CT molecular complexity index is 388. The molecule has 0 spiro atoms. The van der Waals surface area contributed by atoms with Gasteiger partial charge in [-0.25, -0.2) is 9.97 Å². The minimum Gasteiger partial charge on any atom is -0.379 e. The first-order valence-corrected chi connectivity index (χ1v) is 7.47. The summed E-state index contributed by atoms with van der Waals surface area (Å²) in [6.45, 7) is 8.05. The molecule has 0 radical (unpaired) electrons. The Morgan fingerprint density at radius 3 is 2.70 bits per heavy atom. The van der Waals surface area contributed by atoms with Gasteiger partial charge in [-0.2, -0.15) is 0 Å². The molecule has 110 valence electrons. The molecule has 1 N–H and O–H groups in total. The van der Waals surface area contributed by atoms with E-state index < -0.39 is 0 Å². The third kappa shape index (κ3) is 3.65. The molecule has 0 saturated carbocycles. The Balaban J connectivity index is 1.40. The van der Waals surface area contributed by atoms with Crippen molar-refractivity contribution in [3.05, 3.63) is 18.5 Å². The number of anilines is 1. The lowest BCUT2D eigenvalue weighted by Gasteiger charge is -2.35. The van der Waals surface area contributed by atoms with E-state index in [1.165, 1.54) is 6.42 Å². The van der Waals surface area contributed by atoms with E-state index in [2.05, 4.69) is 25.1 Å². The van der Waals surface area contributed by atoms with E-state index in [0.717, 1.165) is 58.4 Å². The predicted molar refractivity (Wildman–Crippen MR) is 77.9 cm³/mol. The van der Waals surface area contributed by atoms with Gasteiger partial charge < -0.3 is 15.0 Å². The van der Waals surface area contributed by atoms with Gasteiger partial charge in [0.2, 0.25) is 5.95 Å². The largest absolute Gasteiger partial charge is 0.379 e. The maximum absolute atomic E-state index is 5.49. The number of hydrogen-bond acceptors (Lipinski definition) is 6. The quantitative estimate of drug-likeness (QED) is 0.834. The van der Waals surface area contributed by atoms with E-state index in [1.54, 1.807) is 0 Å². The fourth-order valence-electron chi connectivity index (χ4n) is 2.77. The molecule has 2 fully saturated rings. The zero-order valence-corrected chi connectivity index (χ0v) is 11.9. The summed E-state index contributed by atoms with van der Waals surface area (Å²) < 4.78 is 5.49. The number of nitrogens with zero attached hydrogens (tertiary/aromatic N) is 4. The summed E-state index contributed by atoms with van der Waals surface area (Å²) in [6.07, 6.45) is 4.79. The molecular formula is C14H23N5O. The Kier molecular flexibility index (Phi) is 4.78. The molecule has 0 amide bonds. The molecule has 1 aromatic rings. The van der Waals surface area contributed by atoms with E-state index in [4.69, 9.17) is 4.74 Å². The van der Waals surface area contributed by atoms with Gasteiger partial charge in [0.05, 0.1) is 13.2 Å². The molecule has 0 bridgehead atoms. The summed E-state index contributed by atoms with van der Waals surface area (Å²) in [4.78, 5) is 13.4. The van der Waals surface area contributed by atoms with Crippen LogP contribution in [0.2, 0.25) is 0 Å². The lowest BCUT2D eigenvalue weighted by molar-refractivity contribution is 0.0696. The van der Waals surface area contributed by atoms with Crippen molar-refractivity contribution in [1.29, 1.82) is 0 Å². The van der Waals surface area contributed by atoms with Crippen LogP contribution in [0.5, 0.6) is 0 Å². The van der Waals surface area contributed by atoms with Crippen LogP contribution < -0.4 is 10.2 Å². The third-order valence-electron chi connectivity index (χ3n) is 4.00. The average molecular weight is 277 g/mol. The maximum Gasteiger partial charge on any atom is 0.225 e. The van der Waals surface area contributed by atoms with Crippen molar-refractivity contribution in [3.8, 4) is 0 Å². The van der Waals surface area contributed by atoms with Crippen molar-refractivity contribution in [2.75, 3.05) is 57.4 Å². The van der Waals surface area contributed by atoms with E-state index in [9.17, 15) is 0 Å². The number of aromatic nitrogens is 2. The topological polar surface area (TPSA) is 53.5 Å². The van der Waals surface area contributed by atoms with Crippen LogP contribution in [-0.2, 0) is 4.74 Å². The minimum atomic E-state index is 0.527. The molecule has 2 saturated heterocycles. The van der Waals surface area contributed by atoms with Gasteiger partial charge >= 0.3 is 0 Å². The summed E-state index contributed by atoms with van der Waals surface area (Å²) in [5.41, 5.74) is 0. The van der Waals surface area contributed by atoms with Crippen LogP contribution in [0.3, 0.4) is 0 Å². The van der Waals surface area contributed by atoms with Crippen molar-refractivity contribution in [2.45, 2.75) is 12.5 Å². The number of ether oxygens (including phenoxy) is 1. The highest BCUT2D eigenvalue weighted by atomic mass is 16.5. The molecule has 6 heteroatoms. The van der Waals surface area contributed by atoms with Crippen LogP contribution in [0.15, 0.2) is 18.5 Å². The second-order valence-corrected chi connectivity index (χ2v) is 5.39. The summed E-state index contributed by atoms with van der Waals surface area (Å²) in [5.74, 6) is 0.856. The van der Waals surface area contributed by atoms with E-state index in [1.807, 2.05) is 18.5 Å². The van der Waals surface area contributed by atoms with Crippen LogP contribution >= 0.6 is 0 Å². The Hall–Kier alpha value is -1.24. The fourth-order valence-corrected chi connectivity index (χ4v) is 2.77. The zero-order chi connectivity index (χ0) is 13.6. The summed E-state index contributed by atoms with van der Waals surface area (Å²) in [7, 11) is 0. The first-order chi connectivity index (χ1) is 9.92. The molecule has 0 aromatic carbocycles. The molecule has 1 unspecified atom stereocenters. The highest BCUT2D eigenvalue weighted by Gasteiger charge is 2.20. The Morgan fingerprint density at radius 1 is 1.20 bits per heavy atom. The molecule has 6 nitrogen and oxygen atoms in total. The lowest BCUT2D eigenvalue weighted by atomic mass is 10.2. The Morgan fingerprint density at radius 2 is 2.00 bits per heavy atom. The van der Waals surface area contributed by atoms with E-state index in [0.29, 0.717) is 6.04 Å². The van der Waals surface area contributed by atoms with Crippen LogP contribution in [0.25, 0.3) is 0 Å². The molecule has 1 atom stereocenters. The number of morpholine rings is 1. The SMILES string of the molecule is c1cnc(N2CCN(CCC3COCCN3)CC2)nc1. The van der Waals surface area contributed by atoms with Gasteiger partial charge in [-0.3, -0.25) is 4.90 Å². The van der Waals surface area contributed by atoms with Gasteiger partial charge in [0, 0.05) is 51.2 Å². The fraction of sp³-hybridized carbons (Fsp3) is 0.714. The van der Waals surface area contributed by atoms with Crippen molar-refractivity contribution >= 4 is 5.95 Å². The van der Waals surface area contributed by atoms with Crippen molar-refractivity contribution in [3.63, 3.8) is 0 Å². The van der Waals surface area contributed by atoms with Crippen molar-refractivity contribution in [2.24, 2.45) is 0 Å². The van der Waals surface area contributed by atoms with Crippen LogP contribution in [0.4, 0.5) is 5.95 Å². The number of piperazine rings is 1. The van der Waals surface area contributed by atoms with Crippen molar-refractivity contribution in [1.82, 2.24) is 20.2 Å². The number of rotatable bonds is 4. The van der Waals surface area contributed by atoms with Crippen molar-refractivity contribution < 1.29 is 4.74 Å². The van der Waals surface area contributed by atoms with Crippen LogP contribution in [-0.4, -0.2) is 73.4 Å². The van der Waals surface area contributed by atoms with Gasteiger partial charge in [-0.15, -0.1) is 0 Å². The molecule has 0 aliphatic carbocycles. The second kappa shape index (κ2) is 6.97. The van der Waals surface area contributed by atoms with Gasteiger partial charge in [-0.1, -0.05) is 0 Å². The minimum absolute atomic E-state index is 0.527. The first kappa shape index (κ1) is 13.7. The molecular weight excluding hydrogens is 254 g/mol. The number of hydrogen-bond donors (Lipinski definition) is 1. The normalized spacial score (nSPS) is 24.8. The van der Waals surface area contributed by atoms with Gasteiger partial charge in [0.25, 0.3) is 0 Å².